The molecule has 0 fully saturated rings. The molecule has 7 nitrogen and oxygen atoms in total. The first-order valence-electron chi connectivity index (χ1n) is 11.2. The first-order chi connectivity index (χ1) is 16.6. The van der Waals surface area contributed by atoms with Crippen LogP contribution < -0.4 is 20.3 Å². The molecule has 178 valence electrons. The third kappa shape index (κ3) is 7.35. The summed E-state index contributed by atoms with van der Waals surface area (Å²) in [7, 11) is 1.61. The highest BCUT2D eigenvalue weighted by atomic mass is 16.5. The van der Waals surface area contributed by atoms with Gasteiger partial charge in [-0.25, -0.2) is 5.48 Å². The molecule has 0 aliphatic rings. The van der Waals surface area contributed by atoms with E-state index in [9.17, 15) is 9.59 Å². The molecule has 3 aromatic rings. The lowest BCUT2D eigenvalue weighted by Crippen LogP contribution is -2.27. The van der Waals surface area contributed by atoms with Crippen LogP contribution in [-0.4, -0.2) is 30.7 Å². The molecule has 3 rings (SSSR count). The van der Waals surface area contributed by atoms with Gasteiger partial charge in [0.15, 0.2) is 0 Å². The fraction of sp³-hybridized carbons (Fsp3) is 0.259. The van der Waals surface area contributed by atoms with Crippen LogP contribution in [0.2, 0.25) is 0 Å². The van der Waals surface area contributed by atoms with Gasteiger partial charge in [-0.15, -0.1) is 0 Å². The zero-order valence-electron chi connectivity index (χ0n) is 19.3. The third-order valence-corrected chi connectivity index (χ3v) is 5.41. The predicted octanol–water partition coefficient (Wildman–Crippen LogP) is 4.54. The van der Waals surface area contributed by atoms with Crippen molar-refractivity contribution >= 4 is 22.6 Å². The van der Waals surface area contributed by atoms with Gasteiger partial charge in [0.1, 0.15) is 18.1 Å². The van der Waals surface area contributed by atoms with E-state index in [1.54, 1.807) is 12.6 Å². The molecule has 0 atom stereocenters. The first kappa shape index (κ1) is 24.8. The minimum atomic E-state index is -0.416. The highest BCUT2D eigenvalue weighted by Gasteiger charge is 2.12. The number of carbonyl (C=O) groups excluding carboxylic acids is 2. The summed E-state index contributed by atoms with van der Waals surface area (Å²) < 4.78 is 11.2. The molecular weight excluding hydrogens is 432 g/mol. The number of hydroxylamine groups is 1. The molecule has 0 radical (unpaired) electrons. The third-order valence-electron chi connectivity index (χ3n) is 5.41. The normalized spacial score (nSPS) is 11.2. The van der Waals surface area contributed by atoms with Gasteiger partial charge in [-0.3, -0.25) is 14.8 Å². The van der Waals surface area contributed by atoms with Gasteiger partial charge in [0.05, 0.1) is 12.7 Å². The van der Waals surface area contributed by atoms with Gasteiger partial charge >= 0.3 is 0 Å². The number of nitrogens with one attached hydrogen (secondary N) is 2. The van der Waals surface area contributed by atoms with E-state index >= 15 is 0 Å². The van der Waals surface area contributed by atoms with Crippen LogP contribution in [0.25, 0.3) is 10.8 Å². The maximum absolute atomic E-state index is 13.0. The summed E-state index contributed by atoms with van der Waals surface area (Å²) in [5, 5.41) is 13.6. The van der Waals surface area contributed by atoms with Crippen LogP contribution in [0.15, 0.2) is 78.4 Å². The van der Waals surface area contributed by atoms with Crippen LogP contribution in [0.4, 0.5) is 0 Å². The molecule has 0 aliphatic carbocycles. The highest BCUT2D eigenvalue weighted by Crippen LogP contribution is 2.25. The number of benzene rings is 3. The Morgan fingerprint density at radius 1 is 0.971 bits per heavy atom. The lowest BCUT2D eigenvalue weighted by Gasteiger charge is -2.13. The Morgan fingerprint density at radius 3 is 2.50 bits per heavy atom. The van der Waals surface area contributed by atoms with Crippen LogP contribution in [-0.2, 0) is 16.1 Å². The van der Waals surface area contributed by atoms with Crippen LogP contribution in [0.1, 0.15) is 31.2 Å². The van der Waals surface area contributed by atoms with Gasteiger partial charge in [-0.1, -0.05) is 54.6 Å². The van der Waals surface area contributed by atoms with E-state index in [0.29, 0.717) is 37.1 Å². The van der Waals surface area contributed by atoms with Gasteiger partial charge in [0.25, 0.3) is 5.91 Å². The molecule has 0 aromatic heterocycles. The summed E-state index contributed by atoms with van der Waals surface area (Å²) in [5.41, 5.74) is 3.11. The molecule has 2 amide bonds. The maximum Gasteiger partial charge on any atom is 0.250 e. The van der Waals surface area contributed by atoms with Crippen molar-refractivity contribution in [3.05, 3.63) is 83.9 Å². The summed E-state index contributed by atoms with van der Waals surface area (Å²) in [6.45, 7) is 0.505. The van der Waals surface area contributed by atoms with E-state index in [1.165, 1.54) is 0 Å². The number of allylic oxidation sites excluding steroid dienone is 1. The highest BCUT2D eigenvalue weighted by molar-refractivity contribution is 5.94. The SMILES string of the molecule is COc1ccc(CNC(=O)/C(=C/CCCCC(=O)NO)COc2cccc3ccccc23)cc1. The average Bonchev–Trinajstić information content (AvgIpc) is 2.88. The Bertz CT molecular complexity index is 1120. The van der Waals surface area contributed by atoms with Crippen LogP contribution in [0, 0.1) is 0 Å². The van der Waals surface area contributed by atoms with Crippen LogP contribution in [0.3, 0.4) is 0 Å². The van der Waals surface area contributed by atoms with E-state index in [1.807, 2.05) is 72.8 Å². The second-order valence-corrected chi connectivity index (χ2v) is 7.81. The van der Waals surface area contributed by atoms with Crippen molar-refractivity contribution in [1.82, 2.24) is 10.8 Å². The molecule has 0 bridgehead atoms. The lowest BCUT2D eigenvalue weighted by molar-refractivity contribution is -0.129. The van der Waals surface area contributed by atoms with E-state index in [0.717, 1.165) is 22.1 Å². The minimum absolute atomic E-state index is 0.125. The maximum atomic E-state index is 13.0. The average molecular weight is 463 g/mol. The summed E-state index contributed by atoms with van der Waals surface area (Å²) >= 11 is 0. The van der Waals surface area contributed by atoms with Gasteiger partial charge < -0.3 is 14.8 Å². The number of amides is 2. The Labute approximate surface area is 199 Å². The number of fused-ring (bicyclic) bond motifs is 1. The van der Waals surface area contributed by atoms with Gasteiger partial charge in [0.2, 0.25) is 5.91 Å². The summed E-state index contributed by atoms with van der Waals surface area (Å²) in [5.74, 6) is 0.852. The van der Waals surface area contributed by atoms with Crippen molar-refractivity contribution in [2.45, 2.75) is 32.2 Å². The Balaban J connectivity index is 1.65. The van der Waals surface area contributed by atoms with E-state index in [-0.39, 0.29) is 18.9 Å². The molecule has 3 aromatic carbocycles. The number of hydrogen-bond donors (Lipinski definition) is 3. The van der Waals surface area contributed by atoms with Crippen LogP contribution in [0.5, 0.6) is 11.5 Å². The number of ether oxygens (including phenoxy) is 2. The van der Waals surface area contributed by atoms with Crippen molar-refractivity contribution in [2.24, 2.45) is 0 Å². The molecule has 0 aliphatic heterocycles. The molecule has 3 N–H and O–H groups in total. The zero-order chi connectivity index (χ0) is 24.2. The first-order valence-corrected chi connectivity index (χ1v) is 11.2. The monoisotopic (exact) mass is 462 g/mol. The molecule has 0 spiro atoms. The van der Waals surface area contributed by atoms with E-state index in [2.05, 4.69) is 5.32 Å². The summed E-state index contributed by atoms with van der Waals surface area (Å²) in [6, 6.07) is 21.3. The van der Waals surface area contributed by atoms with E-state index < -0.39 is 5.91 Å². The van der Waals surface area contributed by atoms with E-state index in [4.69, 9.17) is 14.7 Å². The van der Waals surface area contributed by atoms with Crippen LogP contribution >= 0.6 is 0 Å². The predicted molar refractivity (Wildman–Crippen MR) is 131 cm³/mol. The molecule has 0 heterocycles. The molecule has 0 saturated carbocycles. The Kier molecular flexibility index (Phi) is 9.49. The smallest absolute Gasteiger partial charge is 0.250 e. The van der Waals surface area contributed by atoms with Crippen molar-refractivity contribution < 1.29 is 24.3 Å². The largest absolute Gasteiger partial charge is 0.497 e. The second-order valence-electron chi connectivity index (χ2n) is 7.81. The standard InChI is InChI=1S/C27H30N2O5/c1-33-23-16-14-20(15-17-23)18-28-27(31)22(9-3-2-4-13-26(30)29-32)19-34-25-12-7-10-21-8-5-6-11-24(21)25/h5-12,14-17,32H,2-4,13,18-19H2,1H3,(H,28,31)(H,29,30)/b22-9+. The Morgan fingerprint density at radius 2 is 1.74 bits per heavy atom. The fourth-order valence-electron chi connectivity index (χ4n) is 3.50. The van der Waals surface area contributed by atoms with Crippen molar-refractivity contribution in [1.29, 1.82) is 0 Å². The molecule has 34 heavy (non-hydrogen) atoms. The van der Waals surface area contributed by atoms with Crippen molar-refractivity contribution in [3.63, 3.8) is 0 Å². The second kappa shape index (κ2) is 13.0. The zero-order valence-corrected chi connectivity index (χ0v) is 19.3. The van der Waals surface area contributed by atoms with Crippen molar-refractivity contribution in [2.75, 3.05) is 13.7 Å². The lowest BCUT2D eigenvalue weighted by atomic mass is 10.1. The number of unbranched alkanes of at least 4 members (excludes halogenated alkanes) is 2. The van der Waals surface area contributed by atoms with Gasteiger partial charge in [-0.2, -0.15) is 0 Å². The molecule has 0 saturated heterocycles. The van der Waals surface area contributed by atoms with Gasteiger partial charge in [-0.05, 0) is 48.4 Å². The van der Waals surface area contributed by atoms with Gasteiger partial charge in [0, 0.05) is 18.4 Å². The number of methoxy groups -OCH3 is 1. The number of hydrogen-bond acceptors (Lipinski definition) is 5. The number of carbonyl (C=O) groups is 2. The quantitative estimate of drug-likeness (QED) is 0.159. The van der Waals surface area contributed by atoms with Crippen molar-refractivity contribution in [3.8, 4) is 11.5 Å². The summed E-state index contributed by atoms with van der Waals surface area (Å²) in [4.78, 5) is 24.1. The Hall–Kier alpha value is -3.84. The molecule has 7 heteroatoms. The molecule has 0 unspecified atom stereocenters. The minimum Gasteiger partial charge on any atom is -0.497 e. The number of rotatable bonds is 12. The topological polar surface area (TPSA) is 96.9 Å². The summed E-state index contributed by atoms with van der Waals surface area (Å²) in [6.07, 6.45) is 4.01. The molecular formula is C27H30N2O5. The fourth-order valence-corrected chi connectivity index (χ4v) is 3.50.